The summed E-state index contributed by atoms with van der Waals surface area (Å²) in [5.41, 5.74) is 0.645. The van der Waals surface area contributed by atoms with E-state index < -0.39 is 0 Å². The van der Waals surface area contributed by atoms with Gasteiger partial charge in [-0.2, -0.15) is 0 Å². The second-order valence-corrected chi connectivity index (χ2v) is 6.64. The SMILES string of the molecule is O=C(CN(CCO)CCO)Nc1c(Br)cc(Br)cc1Br. The first-order valence-electron chi connectivity index (χ1n) is 5.86. The van der Waals surface area contributed by atoms with Crippen molar-refractivity contribution in [2.24, 2.45) is 0 Å². The highest BCUT2D eigenvalue weighted by atomic mass is 79.9. The lowest BCUT2D eigenvalue weighted by atomic mass is 10.3. The molecule has 0 aromatic heterocycles. The number of anilines is 1. The molecule has 20 heavy (non-hydrogen) atoms. The van der Waals surface area contributed by atoms with Gasteiger partial charge in [-0.25, -0.2) is 0 Å². The summed E-state index contributed by atoms with van der Waals surface area (Å²) in [4.78, 5) is 13.7. The third kappa shape index (κ3) is 5.79. The maximum atomic E-state index is 12.0. The molecule has 0 bridgehead atoms. The summed E-state index contributed by atoms with van der Waals surface area (Å²) in [7, 11) is 0. The summed E-state index contributed by atoms with van der Waals surface area (Å²) < 4.78 is 2.39. The lowest BCUT2D eigenvalue weighted by Crippen LogP contribution is -2.37. The van der Waals surface area contributed by atoms with Crippen LogP contribution in [0.5, 0.6) is 0 Å². The molecule has 0 heterocycles. The van der Waals surface area contributed by atoms with E-state index in [0.717, 1.165) is 13.4 Å². The fourth-order valence-corrected chi connectivity index (χ4v) is 4.05. The third-order valence-electron chi connectivity index (χ3n) is 2.47. The van der Waals surface area contributed by atoms with Gasteiger partial charge in [-0.05, 0) is 44.0 Å². The summed E-state index contributed by atoms with van der Waals surface area (Å²) in [5.74, 6) is -0.212. The van der Waals surface area contributed by atoms with Crippen molar-refractivity contribution >= 4 is 59.4 Å². The number of hydrogen-bond donors (Lipinski definition) is 3. The lowest BCUT2D eigenvalue weighted by Gasteiger charge is -2.20. The Morgan fingerprint density at radius 2 is 1.60 bits per heavy atom. The minimum absolute atomic E-state index is 0.0566. The third-order valence-corrected chi connectivity index (χ3v) is 4.18. The Bertz CT molecular complexity index is 442. The van der Waals surface area contributed by atoms with Crippen LogP contribution in [-0.2, 0) is 4.79 Å². The van der Waals surface area contributed by atoms with E-state index in [0.29, 0.717) is 18.8 Å². The zero-order valence-electron chi connectivity index (χ0n) is 10.6. The molecule has 1 aromatic rings. The number of nitrogens with zero attached hydrogens (tertiary/aromatic N) is 1. The lowest BCUT2D eigenvalue weighted by molar-refractivity contribution is -0.117. The summed E-state index contributed by atoms with van der Waals surface area (Å²) in [6.45, 7) is 0.682. The van der Waals surface area contributed by atoms with Gasteiger partial charge in [0.05, 0.1) is 25.4 Å². The van der Waals surface area contributed by atoms with E-state index in [1.807, 2.05) is 12.1 Å². The molecule has 5 nitrogen and oxygen atoms in total. The minimum atomic E-state index is -0.212. The van der Waals surface area contributed by atoms with E-state index in [-0.39, 0.29) is 25.7 Å². The van der Waals surface area contributed by atoms with Crippen molar-refractivity contribution in [3.8, 4) is 0 Å². The van der Waals surface area contributed by atoms with Crippen molar-refractivity contribution in [3.05, 3.63) is 25.6 Å². The van der Waals surface area contributed by atoms with Gasteiger partial charge in [-0.1, -0.05) is 15.9 Å². The molecule has 0 fully saturated rings. The number of nitrogens with one attached hydrogen (secondary N) is 1. The smallest absolute Gasteiger partial charge is 0.238 e. The molecule has 0 atom stereocenters. The van der Waals surface area contributed by atoms with Crippen LogP contribution < -0.4 is 5.32 Å². The summed E-state index contributed by atoms with van der Waals surface area (Å²) >= 11 is 10.1. The number of carbonyl (C=O) groups is 1. The van der Waals surface area contributed by atoms with Crippen molar-refractivity contribution in [1.29, 1.82) is 0 Å². The topological polar surface area (TPSA) is 72.8 Å². The molecule has 1 amide bonds. The Hall–Kier alpha value is 0.0100. The number of hydrogen-bond acceptors (Lipinski definition) is 4. The Morgan fingerprint density at radius 1 is 1.10 bits per heavy atom. The first kappa shape index (κ1) is 18.1. The van der Waals surface area contributed by atoms with Crippen LogP contribution in [0.1, 0.15) is 0 Å². The molecule has 0 saturated carbocycles. The number of rotatable bonds is 7. The van der Waals surface area contributed by atoms with Crippen molar-refractivity contribution < 1.29 is 15.0 Å². The fraction of sp³-hybridized carbons (Fsp3) is 0.417. The maximum absolute atomic E-state index is 12.0. The van der Waals surface area contributed by atoms with Crippen molar-refractivity contribution in [1.82, 2.24) is 4.90 Å². The van der Waals surface area contributed by atoms with Crippen LogP contribution in [0.2, 0.25) is 0 Å². The molecule has 112 valence electrons. The number of benzene rings is 1. The van der Waals surface area contributed by atoms with Crippen LogP contribution in [0, 0.1) is 0 Å². The van der Waals surface area contributed by atoms with Crippen LogP contribution >= 0.6 is 47.8 Å². The van der Waals surface area contributed by atoms with Gasteiger partial charge in [0.25, 0.3) is 0 Å². The summed E-state index contributed by atoms with van der Waals surface area (Å²) in [6, 6.07) is 3.67. The molecule has 0 aliphatic rings. The Balaban J connectivity index is 2.70. The van der Waals surface area contributed by atoms with Gasteiger partial charge in [0.2, 0.25) is 5.91 Å². The molecule has 3 N–H and O–H groups in total. The first-order chi connectivity index (χ1) is 9.47. The zero-order valence-corrected chi connectivity index (χ0v) is 15.3. The molecule has 0 unspecified atom stereocenters. The van der Waals surface area contributed by atoms with Crippen LogP contribution in [0.4, 0.5) is 5.69 Å². The molecule has 1 aromatic carbocycles. The second kappa shape index (κ2) is 9.11. The number of aliphatic hydroxyl groups excluding tert-OH is 2. The van der Waals surface area contributed by atoms with Crippen LogP contribution in [-0.4, -0.2) is 53.9 Å². The van der Waals surface area contributed by atoms with Gasteiger partial charge in [0.1, 0.15) is 0 Å². The van der Waals surface area contributed by atoms with Gasteiger partial charge < -0.3 is 15.5 Å². The Morgan fingerprint density at radius 3 is 2.05 bits per heavy atom. The van der Waals surface area contributed by atoms with Crippen LogP contribution in [0.15, 0.2) is 25.6 Å². The monoisotopic (exact) mass is 472 g/mol. The number of aliphatic hydroxyl groups is 2. The van der Waals surface area contributed by atoms with E-state index in [4.69, 9.17) is 10.2 Å². The Kier molecular flexibility index (Phi) is 8.23. The quantitative estimate of drug-likeness (QED) is 0.566. The van der Waals surface area contributed by atoms with Gasteiger partial charge in [0, 0.05) is 26.5 Å². The molecule has 1 rings (SSSR count). The normalized spacial score (nSPS) is 10.9. The number of carbonyl (C=O) groups excluding carboxylic acids is 1. The molecule has 0 radical (unpaired) electrons. The largest absolute Gasteiger partial charge is 0.395 e. The fourth-order valence-electron chi connectivity index (χ4n) is 1.60. The first-order valence-corrected chi connectivity index (χ1v) is 8.24. The van der Waals surface area contributed by atoms with Gasteiger partial charge in [-0.3, -0.25) is 9.69 Å². The predicted octanol–water partition coefficient (Wildman–Crippen LogP) is 2.20. The van der Waals surface area contributed by atoms with Crippen molar-refractivity contribution in [3.63, 3.8) is 0 Å². The maximum Gasteiger partial charge on any atom is 0.238 e. The van der Waals surface area contributed by atoms with E-state index in [2.05, 4.69) is 53.1 Å². The van der Waals surface area contributed by atoms with Gasteiger partial charge in [-0.15, -0.1) is 0 Å². The molecular weight excluding hydrogens is 460 g/mol. The highest BCUT2D eigenvalue weighted by Gasteiger charge is 2.13. The molecule has 0 spiro atoms. The highest BCUT2D eigenvalue weighted by molar-refractivity contribution is 9.11. The second-order valence-electron chi connectivity index (χ2n) is 4.02. The predicted molar refractivity (Wildman–Crippen MR) is 88.8 cm³/mol. The Labute approximate surface area is 142 Å². The summed E-state index contributed by atoms with van der Waals surface area (Å²) in [5, 5.41) is 20.6. The minimum Gasteiger partial charge on any atom is -0.395 e. The number of amides is 1. The number of halogens is 3. The van der Waals surface area contributed by atoms with E-state index in [9.17, 15) is 4.79 Å². The zero-order chi connectivity index (χ0) is 15.1. The van der Waals surface area contributed by atoms with E-state index in [1.165, 1.54) is 0 Å². The van der Waals surface area contributed by atoms with E-state index >= 15 is 0 Å². The molecule has 0 aliphatic carbocycles. The summed E-state index contributed by atoms with van der Waals surface area (Å²) in [6.07, 6.45) is 0. The van der Waals surface area contributed by atoms with E-state index in [1.54, 1.807) is 4.90 Å². The van der Waals surface area contributed by atoms with Crippen molar-refractivity contribution in [2.75, 3.05) is 38.2 Å². The molecule has 8 heteroatoms. The highest BCUT2D eigenvalue weighted by Crippen LogP contribution is 2.34. The van der Waals surface area contributed by atoms with Crippen molar-refractivity contribution in [2.45, 2.75) is 0 Å². The average molecular weight is 475 g/mol. The average Bonchev–Trinajstić information content (AvgIpc) is 2.34. The van der Waals surface area contributed by atoms with Gasteiger partial charge in [0.15, 0.2) is 0 Å². The van der Waals surface area contributed by atoms with Crippen LogP contribution in [0.25, 0.3) is 0 Å². The molecular formula is C12H15Br3N2O3. The molecule has 0 saturated heterocycles. The molecule has 0 aliphatic heterocycles. The van der Waals surface area contributed by atoms with Gasteiger partial charge >= 0.3 is 0 Å². The standard InChI is InChI=1S/C12H15Br3N2O3/c13-8-5-9(14)12(10(15)6-8)16-11(20)7-17(1-3-18)2-4-19/h5-6,18-19H,1-4,7H2,(H,16,20). The van der Waals surface area contributed by atoms with Crippen LogP contribution in [0.3, 0.4) is 0 Å².